The minimum Gasteiger partial charge on any atom is -0.307 e. The highest BCUT2D eigenvalue weighted by atomic mass is 15.0. The predicted molar refractivity (Wildman–Crippen MR) is 217 cm³/mol. The summed E-state index contributed by atoms with van der Waals surface area (Å²) in [7, 11) is 0. The molecule has 0 unspecified atom stereocenters. The average Bonchev–Trinajstić information content (AvgIpc) is 3.60. The van der Waals surface area contributed by atoms with E-state index in [-0.39, 0.29) is 0 Å². The molecule has 5 heteroatoms. The highest BCUT2D eigenvalue weighted by molar-refractivity contribution is 6.23. The van der Waals surface area contributed by atoms with Crippen molar-refractivity contribution in [1.29, 1.82) is 0 Å². The van der Waals surface area contributed by atoms with E-state index < -0.39 is 0 Å². The maximum absolute atomic E-state index is 5.33. The van der Waals surface area contributed by atoms with Gasteiger partial charge in [-0.3, -0.25) is 9.97 Å². The molecule has 0 radical (unpaired) electrons. The molecule has 0 aliphatic carbocycles. The molecule has 0 fully saturated rings. The zero-order valence-electron chi connectivity index (χ0n) is 28.6. The summed E-state index contributed by atoms with van der Waals surface area (Å²) in [5, 5.41) is 3.59. The van der Waals surface area contributed by atoms with E-state index in [2.05, 4.69) is 154 Å². The average molecular weight is 678 g/mol. The molecule has 10 aromatic rings. The van der Waals surface area contributed by atoms with Gasteiger partial charge in [0, 0.05) is 39.8 Å². The number of rotatable bonds is 6. The van der Waals surface area contributed by atoms with E-state index in [9.17, 15) is 0 Å². The van der Waals surface area contributed by atoms with Crippen LogP contribution in [-0.4, -0.2) is 24.5 Å². The van der Waals surface area contributed by atoms with Crippen molar-refractivity contribution in [3.8, 4) is 62.0 Å². The lowest BCUT2D eigenvalue weighted by molar-refractivity contribution is 1.17. The van der Waals surface area contributed by atoms with Crippen molar-refractivity contribution >= 4 is 32.7 Å². The Morgan fingerprint density at radius 1 is 0.377 bits per heavy atom. The molecule has 5 aromatic heterocycles. The van der Waals surface area contributed by atoms with E-state index in [4.69, 9.17) is 9.97 Å². The van der Waals surface area contributed by atoms with Crippen LogP contribution in [0, 0.1) is 0 Å². The Morgan fingerprint density at radius 2 is 0.906 bits per heavy atom. The van der Waals surface area contributed by atoms with E-state index in [1.165, 1.54) is 16.3 Å². The number of hydrogen-bond acceptors (Lipinski definition) is 4. The van der Waals surface area contributed by atoms with Gasteiger partial charge in [-0.25, -0.2) is 9.97 Å². The highest BCUT2D eigenvalue weighted by Gasteiger charge is 2.20. The molecule has 0 atom stereocenters. The van der Waals surface area contributed by atoms with E-state index >= 15 is 0 Å². The number of hydrogen-bond donors (Lipinski definition) is 0. The van der Waals surface area contributed by atoms with Gasteiger partial charge < -0.3 is 4.57 Å². The fraction of sp³-hybridized carbons (Fsp3) is 0. The first-order valence-corrected chi connectivity index (χ1v) is 17.7. The van der Waals surface area contributed by atoms with Gasteiger partial charge in [0.25, 0.3) is 0 Å². The topological polar surface area (TPSA) is 56.5 Å². The molecule has 5 heterocycles. The number of aromatic nitrogens is 5. The molecule has 0 amide bonds. The third-order valence-corrected chi connectivity index (χ3v) is 9.91. The summed E-state index contributed by atoms with van der Waals surface area (Å²) in [6.07, 6.45) is 3.59. The highest BCUT2D eigenvalue weighted by Crippen LogP contribution is 2.41. The Kier molecular flexibility index (Phi) is 7.40. The maximum Gasteiger partial charge on any atom is 0.0956 e. The summed E-state index contributed by atoms with van der Waals surface area (Å²) in [6.45, 7) is 0. The van der Waals surface area contributed by atoms with Crippen molar-refractivity contribution in [1.82, 2.24) is 24.5 Å². The summed E-state index contributed by atoms with van der Waals surface area (Å²) < 4.78 is 2.36. The second kappa shape index (κ2) is 12.8. The fourth-order valence-corrected chi connectivity index (χ4v) is 7.40. The molecule has 0 aliphatic rings. The SMILES string of the molecule is c1ccc(-n2c3ccccc3c3c4ccccc4nc(-c4ccc(-c5ccc(-c6cc(-c7ccccn7)nc(-c7ccccn7)c6)cc5)cc4)c32)cc1. The number of para-hydroxylation sites is 3. The van der Waals surface area contributed by atoms with Gasteiger partial charge in [0.1, 0.15) is 0 Å². The summed E-state index contributed by atoms with van der Waals surface area (Å²) in [4.78, 5) is 19.4. The monoisotopic (exact) mass is 677 g/mol. The Balaban J connectivity index is 1.06. The second-order valence-corrected chi connectivity index (χ2v) is 13.1. The summed E-state index contributed by atoms with van der Waals surface area (Å²) in [6, 6.07) is 61.3. The van der Waals surface area contributed by atoms with Crippen LogP contribution in [0.1, 0.15) is 0 Å². The smallest absolute Gasteiger partial charge is 0.0956 e. The van der Waals surface area contributed by atoms with Gasteiger partial charge in [-0.1, -0.05) is 115 Å². The van der Waals surface area contributed by atoms with Crippen molar-refractivity contribution in [2.75, 3.05) is 0 Å². The zero-order valence-corrected chi connectivity index (χ0v) is 28.6. The lowest BCUT2D eigenvalue weighted by Crippen LogP contribution is -1.97. The molecular weight excluding hydrogens is 647 g/mol. The second-order valence-electron chi connectivity index (χ2n) is 13.1. The maximum atomic E-state index is 5.33. The fourth-order valence-electron chi connectivity index (χ4n) is 7.40. The first kappa shape index (κ1) is 30.6. The van der Waals surface area contributed by atoms with Gasteiger partial charge in [0.05, 0.1) is 45.0 Å². The third kappa shape index (κ3) is 5.43. The minimum absolute atomic E-state index is 0.811. The van der Waals surface area contributed by atoms with E-state index in [1.807, 2.05) is 36.4 Å². The van der Waals surface area contributed by atoms with E-state index in [0.29, 0.717) is 0 Å². The van der Waals surface area contributed by atoms with Crippen LogP contribution < -0.4 is 0 Å². The zero-order chi connectivity index (χ0) is 35.1. The number of benzene rings is 5. The molecule has 0 bridgehead atoms. The largest absolute Gasteiger partial charge is 0.307 e. The van der Waals surface area contributed by atoms with Crippen molar-refractivity contribution < 1.29 is 0 Å². The van der Waals surface area contributed by atoms with Crippen molar-refractivity contribution in [2.24, 2.45) is 0 Å². The van der Waals surface area contributed by atoms with Crippen LogP contribution in [0.15, 0.2) is 188 Å². The van der Waals surface area contributed by atoms with Crippen molar-refractivity contribution in [3.63, 3.8) is 0 Å². The van der Waals surface area contributed by atoms with Crippen LogP contribution in [-0.2, 0) is 0 Å². The Bertz CT molecular complexity index is 2840. The standard InChI is InChI=1S/C48H31N5/c1-2-12-37(13-3-1)53-45-19-7-5-15-39(45)46-38-14-4-6-16-40(38)52-47(48(46)53)35-26-24-33(25-27-35)32-20-22-34(23-21-32)36-30-43(41-17-8-10-28-49-41)51-44(31-36)42-18-9-11-29-50-42/h1-31H. The van der Waals surface area contributed by atoms with Gasteiger partial charge in [-0.2, -0.15) is 0 Å². The summed E-state index contributed by atoms with van der Waals surface area (Å²) >= 11 is 0. The van der Waals surface area contributed by atoms with E-state index in [0.717, 1.165) is 78.4 Å². The minimum atomic E-state index is 0.811. The molecule has 5 aromatic carbocycles. The van der Waals surface area contributed by atoms with Crippen LogP contribution >= 0.6 is 0 Å². The molecular formula is C48H31N5. The van der Waals surface area contributed by atoms with Crippen molar-refractivity contribution in [3.05, 3.63) is 188 Å². The third-order valence-electron chi connectivity index (χ3n) is 9.91. The van der Waals surface area contributed by atoms with Crippen LogP contribution in [0.3, 0.4) is 0 Å². The molecule has 0 spiro atoms. The van der Waals surface area contributed by atoms with Gasteiger partial charge >= 0.3 is 0 Å². The Labute approximate surface area is 306 Å². The molecule has 53 heavy (non-hydrogen) atoms. The number of pyridine rings is 4. The molecule has 0 N–H and O–H groups in total. The first-order valence-electron chi connectivity index (χ1n) is 17.7. The van der Waals surface area contributed by atoms with Gasteiger partial charge in [0.15, 0.2) is 0 Å². The number of nitrogens with zero attached hydrogens (tertiary/aromatic N) is 5. The van der Waals surface area contributed by atoms with Gasteiger partial charge in [0.2, 0.25) is 0 Å². The van der Waals surface area contributed by atoms with E-state index in [1.54, 1.807) is 12.4 Å². The van der Waals surface area contributed by atoms with Crippen LogP contribution in [0.4, 0.5) is 0 Å². The lowest BCUT2D eigenvalue weighted by atomic mass is 9.97. The lowest BCUT2D eigenvalue weighted by Gasteiger charge is -2.13. The summed E-state index contributed by atoms with van der Waals surface area (Å²) in [5.41, 5.74) is 14.1. The predicted octanol–water partition coefficient (Wildman–Crippen LogP) is 11.9. The molecule has 0 saturated carbocycles. The Hall–Kier alpha value is -7.24. The van der Waals surface area contributed by atoms with Gasteiger partial charge in [-0.15, -0.1) is 0 Å². The van der Waals surface area contributed by atoms with Crippen LogP contribution in [0.2, 0.25) is 0 Å². The van der Waals surface area contributed by atoms with Crippen LogP contribution in [0.25, 0.3) is 94.7 Å². The normalized spacial score (nSPS) is 11.4. The molecule has 0 aliphatic heterocycles. The molecule has 0 saturated heterocycles. The quantitative estimate of drug-likeness (QED) is 0.176. The molecule has 5 nitrogen and oxygen atoms in total. The van der Waals surface area contributed by atoms with Crippen molar-refractivity contribution in [2.45, 2.75) is 0 Å². The van der Waals surface area contributed by atoms with Crippen LogP contribution in [0.5, 0.6) is 0 Å². The first-order chi connectivity index (χ1) is 26.3. The summed E-state index contributed by atoms with van der Waals surface area (Å²) in [5.74, 6) is 0. The number of fused-ring (bicyclic) bond motifs is 5. The molecule has 10 rings (SSSR count). The van der Waals surface area contributed by atoms with Gasteiger partial charge in [-0.05, 0) is 82.9 Å². The Morgan fingerprint density at radius 3 is 1.53 bits per heavy atom. The molecule has 248 valence electrons.